The first-order valence-corrected chi connectivity index (χ1v) is 6.91. The second-order valence-corrected chi connectivity index (χ2v) is 5.99. The number of hydrogen-bond donors (Lipinski definition) is 1. The summed E-state index contributed by atoms with van der Waals surface area (Å²) in [6.45, 7) is 9.80. The third-order valence-electron chi connectivity index (χ3n) is 4.14. The van der Waals surface area contributed by atoms with Crippen LogP contribution in [0.1, 0.15) is 38.0 Å². The summed E-state index contributed by atoms with van der Waals surface area (Å²) in [5.41, 5.74) is 2.86. The number of aromatic nitrogens is 2. The number of likely N-dealkylation sites (N-methyl/N-ethyl adjacent to an activating group) is 1. The largest absolute Gasteiger partial charge is 0.330 e. The number of imidazole rings is 1. The fourth-order valence-corrected chi connectivity index (χ4v) is 2.41. The Balaban J connectivity index is 2.34. The second-order valence-electron chi connectivity index (χ2n) is 5.99. The third-order valence-corrected chi connectivity index (χ3v) is 4.14. The standard InChI is InChI=1S/C14H26N4/c1-6-13-16-11-9-15-8-7-12(11)18(13)10-14(2,3)17(4)5/h15H,6-10H2,1-5H3. The van der Waals surface area contributed by atoms with Crippen molar-refractivity contribution in [1.82, 2.24) is 19.8 Å². The third kappa shape index (κ3) is 2.45. The van der Waals surface area contributed by atoms with E-state index in [4.69, 9.17) is 4.98 Å². The van der Waals surface area contributed by atoms with Crippen molar-refractivity contribution in [3.63, 3.8) is 0 Å². The van der Waals surface area contributed by atoms with Crippen molar-refractivity contribution in [2.75, 3.05) is 20.6 Å². The topological polar surface area (TPSA) is 33.1 Å². The average Bonchev–Trinajstić information content (AvgIpc) is 2.67. The van der Waals surface area contributed by atoms with Gasteiger partial charge in [0.1, 0.15) is 5.82 Å². The van der Waals surface area contributed by atoms with Gasteiger partial charge < -0.3 is 14.8 Å². The summed E-state index contributed by atoms with van der Waals surface area (Å²) in [5.74, 6) is 1.23. The molecule has 0 saturated heterocycles. The van der Waals surface area contributed by atoms with Crippen LogP contribution < -0.4 is 5.32 Å². The van der Waals surface area contributed by atoms with Crippen LogP contribution in [0.15, 0.2) is 0 Å². The van der Waals surface area contributed by atoms with Gasteiger partial charge in [0.2, 0.25) is 0 Å². The highest BCUT2D eigenvalue weighted by Gasteiger charge is 2.26. The maximum Gasteiger partial charge on any atom is 0.109 e. The van der Waals surface area contributed by atoms with Crippen molar-refractivity contribution in [3.8, 4) is 0 Å². The van der Waals surface area contributed by atoms with Gasteiger partial charge in [-0.15, -0.1) is 0 Å². The van der Waals surface area contributed by atoms with E-state index in [2.05, 4.69) is 49.7 Å². The van der Waals surface area contributed by atoms with Crippen molar-refractivity contribution in [3.05, 3.63) is 17.2 Å². The van der Waals surface area contributed by atoms with Crippen molar-refractivity contribution in [2.45, 2.75) is 52.2 Å². The van der Waals surface area contributed by atoms with Crippen LogP contribution in [0.2, 0.25) is 0 Å². The number of fused-ring (bicyclic) bond motifs is 1. The summed E-state index contributed by atoms with van der Waals surface area (Å²) < 4.78 is 2.45. The molecular weight excluding hydrogens is 224 g/mol. The van der Waals surface area contributed by atoms with Crippen molar-refractivity contribution in [1.29, 1.82) is 0 Å². The first kappa shape index (κ1) is 13.6. The molecule has 0 unspecified atom stereocenters. The SMILES string of the molecule is CCc1nc2c(n1CC(C)(C)N(C)C)CCNC2. The Morgan fingerprint density at radius 2 is 2.11 bits per heavy atom. The summed E-state index contributed by atoms with van der Waals surface area (Å²) in [5, 5.41) is 3.40. The predicted octanol–water partition coefficient (Wildman–Crippen LogP) is 1.43. The van der Waals surface area contributed by atoms with Crippen molar-refractivity contribution in [2.24, 2.45) is 0 Å². The first-order chi connectivity index (χ1) is 8.45. The van der Waals surface area contributed by atoms with Gasteiger partial charge in [-0.2, -0.15) is 0 Å². The molecule has 0 aromatic carbocycles. The number of nitrogens with one attached hydrogen (secondary N) is 1. The van der Waals surface area contributed by atoms with E-state index >= 15 is 0 Å². The Kier molecular flexibility index (Phi) is 3.78. The molecule has 4 heteroatoms. The molecule has 0 fully saturated rings. The summed E-state index contributed by atoms with van der Waals surface area (Å²) in [4.78, 5) is 7.09. The lowest BCUT2D eigenvalue weighted by Crippen LogP contribution is -2.43. The molecule has 1 aliphatic heterocycles. The summed E-state index contributed by atoms with van der Waals surface area (Å²) >= 11 is 0. The number of hydrogen-bond acceptors (Lipinski definition) is 3. The fraction of sp³-hybridized carbons (Fsp3) is 0.786. The molecule has 18 heavy (non-hydrogen) atoms. The van der Waals surface area contributed by atoms with E-state index in [0.29, 0.717) is 0 Å². The monoisotopic (exact) mass is 250 g/mol. The quantitative estimate of drug-likeness (QED) is 0.877. The highest BCUT2D eigenvalue weighted by Crippen LogP contribution is 2.21. The van der Waals surface area contributed by atoms with Gasteiger partial charge in [-0.05, 0) is 27.9 Å². The van der Waals surface area contributed by atoms with E-state index in [0.717, 1.165) is 32.5 Å². The molecule has 1 aromatic rings. The highest BCUT2D eigenvalue weighted by molar-refractivity contribution is 5.21. The van der Waals surface area contributed by atoms with Crippen LogP contribution in [-0.4, -0.2) is 40.6 Å². The lowest BCUT2D eigenvalue weighted by atomic mass is 10.0. The normalized spacial score (nSPS) is 16.1. The van der Waals surface area contributed by atoms with E-state index in [9.17, 15) is 0 Å². The molecule has 1 aromatic heterocycles. The lowest BCUT2D eigenvalue weighted by Gasteiger charge is -2.34. The fourth-order valence-electron chi connectivity index (χ4n) is 2.41. The Bertz CT molecular complexity index is 418. The summed E-state index contributed by atoms with van der Waals surface area (Å²) in [6.07, 6.45) is 2.11. The molecule has 0 radical (unpaired) electrons. The van der Waals surface area contributed by atoms with E-state index in [-0.39, 0.29) is 5.54 Å². The Morgan fingerprint density at radius 3 is 2.72 bits per heavy atom. The molecule has 102 valence electrons. The Hall–Kier alpha value is -0.870. The average molecular weight is 250 g/mol. The smallest absolute Gasteiger partial charge is 0.109 e. The lowest BCUT2D eigenvalue weighted by molar-refractivity contribution is 0.166. The van der Waals surface area contributed by atoms with Crippen LogP contribution >= 0.6 is 0 Å². The van der Waals surface area contributed by atoms with Gasteiger partial charge in [-0.3, -0.25) is 0 Å². The van der Waals surface area contributed by atoms with Gasteiger partial charge in [0.15, 0.2) is 0 Å². The Labute approximate surface area is 110 Å². The maximum atomic E-state index is 4.79. The molecule has 0 amide bonds. The van der Waals surface area contributed by atoms with Crippen LogP contribution in [0.3, 0.4) is 0 Å². The van der Waals surface area contributed by atoms with E-state index in [1.165, 1.54) is 17.2 Å². The molecule has 2 rings (SSSR count). The summed E-state index contributed by atoms with van der Waals surface area (Å²) in [6, 6.07) is 0. The molecule has 0 saturated carbocycles. The Morgan fingerprint density at radius 1 is 1.39 bits per heavy atom. The molecule has 0 atom stereocenters. The number of aryl methyl sites for hydroxylation is 1. The van der Waals surface area contributed by atoms with E-state index in [1.54, 1.807) is 0 Å². The first-order valence-electron chi connectivity index (χ1n) is 6.91. The van der Waals surface area contributed by atoms with Crippen LogP contribution in [0.5, 0.6) is 0 Å². The maximum absolute atomic E-state index is 4.79. The van der Waals surface area contributed by atoms with Gasteiger partial charge in [-0.25, -0.2) is 4.98 Å². The minimum absolute atomic E-state index is 0.156. The van der Waals surface area contributed by atoms with Crippen molar-refractivity contribution < 1.29 is 0 Å². The summed E-state index contributed by atoms with van der Waals surface area (Å²) in [7, 11) is 4.30. The van der Waals surface area contributed by atoms with Gasteiger partial charge in [0.05, 0.1) is 5.69 Å². The zero-order chi connectivity index (χ0) is 13.3. The van der Waals surface area contributed by atoms with Gasteiger partial charge in [0.25, 0.3) is 0 Å². The molecule has 4 nitrogen and oxygen atoms in total. The number of nitrogens with zero attached hydrogens (tertiary/aromatic N) is 3. The zero-order valence-electron chi connectivity index (χ0n) is 12.4. The zero-order valence-corrected chi connectivity index (χ0v) is 12.4. The molecule has 1 aliphatic rings. The van der Waals surface area contributed by atoms with Crippen molar-refractivity contribution >= 4 is 0 Å². The molecular formula is C14H26N4. The minimum atomic E-state index is 0.156. The molecule has 0 spiro atoms. The van der Waals surface area contributed by atoms with Gasteiger partial charge in [0, 0.05) is 43.7 Å². The number of rotatable bonds is 4. The minimum Gasteiger partial charge on any atom is -0.330 e. The van der Waals surface area contributed by atoms with E-state index in [1.807, 2.05) is 0 Å². The van der Waals surface area contributed by atoms with E-state index < -0.39 is 0 Å². The molecule has 2 heterocycles. The molecule has 1 N–H and O–H groups in total. The second kappa shape index (κ2) is 5.02. The highest BCUT2D eigenvalue weighted by atomic mass is 15.2. The predicted molar refractivity (Wildman–Crippen MR) is 74.8 cm³/mol. The molecule has 0 bridgehead atoms. The molecule has 0 aliphatic carbocycles. The van der Waals surface area contributed by atoms with Gasteiger partial charge in [-0.1, -0.05) is 6.92 Å². The van der Waals surface area contributed by atoms with Crippen LogP contribution in [0.25, 0.3) is 0 Å². The van der Waals surface area contributed by atoms with Crippen LogP contribution in [0.4, 0.5) is 0 Å². The van der Waals surface area contributed by atoms with Crippen LogP contribution in [0, 0.1) is 0 Å². The van der Waals surface area contributed by atoms with Gasteiger partial charge >= 0.3 is 0 Å². The van der Waals surface area contributed by atoms with Crippen LogP contribution in [-0.2, 0) is 25.9 Å².